The molecule has 1 aromatic carbocycles. The molecule has 3 heteroatoms. The molecule has 0 radical (unpaired) electrons. The van der Waals surface area contributed by atoms with Crippen LogP contribution in [0.15, 0.2) is 18.2 Å². The molecule has 2 saturated carbocycles. The minimum atomic E-state index is 0.317. The Hall–Kier alpha value is -1.61. The van der Waals surface area contributed by atoms with Gasteiger partial charge in [0.1, 0.15) is 0 Å². The number of aryl methyl sites for hydroxylation is 4. The highest BCUT2D eigenvalue weighted by molar-refractivity contribution is 7.16. The number of allylic oxidation sites excluding steroid dienone is 2. The molecular formula is C37H54N2S. The quantitative estimate of drug-likeness (QED) is 0.365. The standard InChI is InChI=1S/C37H54N2S/c1-22(2)10-9-11-24(4)28-14-15-29-27-12-13-31-34-32(17-19-37(31,8)30(27)16-18-36(28,29)7)38-35(40-34)39-33-25(5)20-23(3)21-26(33)6/h13,20-22,24,27-30H,9-12,14-19H2,1-8H3,(H,38,39)/t24-,27+,28-,29+,30+,36-,37-/m1/s1. The molecule has 0 spiro atoms. The fraction of sp³-hybridized carbons (Fsp3) is 0.703. The molecule has 218 valence electrons. The summed E-state index contributed by atoms with van der Waals surface area (Å²) >= 11 is 1.92. The Morgan fingerprint density at radius 1 is 0.975 bits per heavy atom. The van der Waals surface area contributed by atoms with Gasteiger partial charge < -0.3 is 5.32 Å². The Balaban J connectivity index is 1.23. The lowest BCUT2D eigenvalue weighted by Gasteiger charge is -2.57. The largest absolute Gasteiger partial charge is 0.331 e. The van der Waals surface area contributed by atoms with E-state index in [0.717, 1.165) is 47.1 Å². The second-order valence-electron chi connectivity index (χ2n) is 15.4. The molecule has 0 bridgehead atoms. The maximum Gasteiger partial charge on any atom is 0.187 e. The van der Waals surface area contributed by atoms with Gasteiger partial charge in [0.05, 0.1) is 10.6 Å². The van der Waals surface area contributed by atoms with E-state index in [-0.39, 0.29) is 0 Å². The highest BCUT2D eigenvalue weighted by atomic mass is 32.1. The first-order valence-corrected chi connectivity index (χ1v) is 17.4. The van der Waals surface area contributed by atoms with Gasteiger partial charge in [0, 0.05) is 5.69 Å². The number of thiazole rings is 1. The molecule has 0 aliphatic heterocycles. The SMILES string of the molecule is Cc1cc(C)c(Nc2nc3c(s2)C2=CC[C@H]4[C@@H]5CC[C@H]([C@H](C)CCCC(C)C)[C@@]5(C)CC[C@@H]4[C@@]2(C)CC3)c(C)c1. The van der Waals surface area contributed by atoms with Crippen molar-refractivity contribution >= 4 is 27.7 Å². The first-order valence-electron chi connectivity index (χ1n) is 16.6. The Labute approximate surface area is 248 Å². The highest BCUT2D eigenvalue weighted by Crippen LogP contribution is 2.68. The zero-order chi connectivity index (χ0) is 28.4. The van der Waals surface area contributed by atoms with E-state index in [9.17, 15) is 0 Å². The van der Waals surface area contributed by atoms with Crippen molar-refractivity contribution in [2.24, 2.45) is 46.3 Å². The molecule has 6 rings (SSSR count). The van der Waals surface area contributed by atoms with Crippen molar-refractivity contribution in [2.75, 3.05) is 5.32 Å². The Kier molecular flexibility index (Phi) is 7.54. The van der Waals surface area contributed by atoms with Crippen LogP contribution < -0.4 is 5.32 Å². The Morgan fingerprint density at radius 3 is 2.45 bits per heavy atom. The summed E-state index contributed by atoms with van der Waals surface area (Å²) in [4.78, 5) is 6.67. The zero-order valence-electron chi connectivity index (χ0n) is 26.6. The predicted molar refractivity (Wildman–Crippen MR) is 173 cm³/mol. The molecule has 2 nitrogen and oxygen atoms in total. The topological polar surface area (TPSA) is 24.9 Å². The molecule has 0 saturated heterocycles. The van der Waals surface area contributed by atoms with Crippen LogP contribution in [0.2, 0.25) is 0 Å². The summed E-state index contributed by atoms with van der Waals surface area (Å²) in [5, 5.41) is 4.82. The minimum Gasteiger partial charge on any atom is -0.331 e. The van der Waals surface area contributed by atoms with Crippen LogP contribution in [0.3, 0.4) is 0 Å². The lowest BCUT2D eigenvalue weighted by molar-refractivity contribution is -0.0392. The molecular weight excluding hydrogens is 504 g/mol. The fourth-order valence-corrected chi connectivity index (χ4v) is 11.6. The van der Waals surface area contributed by atoms with Gasteiger partial charge in [-0.2, -0.15) is 0 Å². The number of benzene rings is 1. The van der Waals surface area contributed by atoms with Crippen LogP contribution in [0.4, 0.5) is 10.8 Å². The molecule has 1 aromatic heterocycles. The molecule has 2 fully saturated rings. The van der Waals surface area contributed by atoms with Crippen molar-refractivity contribution in [3.8, 4) is 0 Å². The number of hydrogen-bond acceptors (Lipinski definition) is 3. The van der Waals surface area contributed by atoms with E-state index in [2.05, 4.69) is 78.9 Å². The number of nitrogens with one attached hydrogen (secondary N) is 1. The van der Waals surface area contributed by atoms with Crippen LogP contribution in [0.5, 0.6) is 0 Å². The molecule has 40 heavy (non-hydrogen) atoms. The lowest BCUT2D eigenvalue weighted by Crippen LogP contribution is -2.49. The van der Waals surface area contributed by atoms with E-state index >= 15 is 0 Å². The smallest absolute Gasteiger partial charge is 0.187 e. The maximum atomic E-state index is 5.17. The third-order valence-electron chi connectivity index (χ3n) is 12.4. The van der Waals surface area contributed by atoms with Gasteiger partial charge in [-0.15, -0.1) is 0 Å². The number of hydrogen-bond donors (Lipinski definition) is 1. The van der Waals surface area contributed by atoms with Gasteiger partial charge in [-0.05, 0) is 129 Å². The summed E-state index contributed by atoms with van der Waals surface area (Å²) in [5.41, 5.74) is 9.05. The zero-order valence-corrected chi connectivity index (χ0v) is 27.4. The lowest BCUT2D eigenvalue weighted by atomic mass is 9.47. The molecule has 0 unspecified atom stereocenters. The van der Waals surface area contributed by atoms with E-state index in [1.165, 1.54) is 90.7 Å². The van der Waals surface area contributed by atoms with E-state index in [1.807, 2.05) is 11.3 Å². The van der Waals surface area contributed by atoms with Gasteiger partial charge >= 0.3 is 0 Å². The first kappa shape index (κ1) is 28.5. The van der Waals surface area contributed by atoms with Crippen molar-refractivity contribution in [1.29, 1.82) is 0 Å². The van der Waals surface area contributed by atoms with E-state index < -0.39 is 0 Å². The third kappa shape index (κ3) is 4.71. The Bertz CT molecular complexity index is 1260. The minimum absolute atomic E-state index is 0.317. The van der Waals surface area contributed by atoms with Crippen molar-refractivity contribution in [3.63, 3.8) is 0 Å². The van der Waals surface area contributed by atoms with Gasteiger partial charge in [-0.1, -0.05) is 89.0 Å². The van der Waals surface area contributed by atoms with E-state index in [0.29, 0.717) is 10.8 Å². The van der Waals surface area contributed by atoms with Crippen LogP contribution in [0, 0.1) is 67.1 Å². The van der Waals surface area contributed by atoms with Crippen LogP contribution in [0.25, 0.3) is 5.57 Å². The van der Waals surface area contributed by atoms with Gasteiger partial charge in [-0.25, -0.2) is 4.98 Å². The molecule has 4 aliphatic rings. The second kappa shape index (κ2) is 10.6. The summed E-state index contributed by atoms with van der Waals surface area (Å²) in [6.07, 6.45) is 16.5. The molecule has 1 N–H and O–H groups in total. The molecule has 1 heterocycles. The van der Waals surface area contributed by atoms with Gasteiger partial charge in [0.25, 0.3) is 0 Å². The van der Waals surface area contributed by atoms with E-state index in [4.69, 9.17) is 4.98 Å². The molecule has 4 aliphatic carbocycles. The van der Waals surface area contributed by atoms with Crippen molar-refractivity contribution in [1.82, 2.24) is 4.98 Å². The summed E-state index contributed by atoms with van der Waals surface area (Å²) < 4.78 is 0. The summed E-state index contributed by atoms with van der Waals surface area (Å²) in [6, 6.07) is 4.56. The monoisotopic (exact) mass is 558 g/mol. The van der Waals surface area contributed by atoms with Crippen molar-refractivity contribution in [3.05, 3.63) is 45.5 Å². The number of nitrogens with zero attached hydrogens (tertiary/aromatic N) is 1. The summed E-state index contributed by atoms with van der Waals surface area (Å²) in [7, 11) is 0. The predicted octanol–water partition coefficient (Wildman–Crippen LogP) is 11.1. The number of anilines is 2. The Morgan fingerprint density at radius 2 is 1.73 bits per heavy atom. The van der Waals surface area contributed by atoms with Crippen LogP contribution >= 0.6 is 11.3 Å². The average Bonchev–Trinajstić information content (AvgIpc) is 3.46. The first-order chi connectivity index (χ1) is 19.0. The summed E-state index contributed by atoms with van der Waals surface area (Å²) in [5.74, 6) is 5.31. The van der Waals surface area contributed by atoms with Crippen LogP contribution in [-0.4, -0.2) is 4.98 Å². The van der Waals surface area contributed by atoms with Gasteiger partial charge in [-0.3, -0.25) is 0 Å². The third-order valence-corrected chi connectivity index (χ3v) is 13.4. The number of rotatable bonds is 7. The average molecular weight is 559 g/mol. The number of aromatic nitrogens is 1. The summed E-state index contributed by atoms with van der Waals surface area (Å²) in [6.45, 7) is 19.3. The van der Waals surface area contributed by atoms with Crippen LogP contribution in [-0.2, 0) is 6.42 Å². The van der Waals surface area contributed by atoms with Crippen molar-refractivity contribution < 1.29 is 0 Å². The maximum absolute atomic E-state index is 5.17. The van der Waals surface area contributed by atoms with Crippen LogP contribution in [0.1, 0.15) is 120 Å². The second-order valence-corrected chi connectivity index (χ2v) is 16.4. The molecule has 2 aromatic rings. The highest BCUT2D eigenvalue weighted by Gasteiger charge is 2.59. The van der Waals surface area contributed by atoms with Gasteiger partial charge in [0.2, 0.25) is 0 Å². The van der Waals surface area contributed by atoms with Gasteiger partial charge in [0.15, 0.2) is 5.13 Å². The fourth-order valence-electron chi connectivity index (χ4n) is 10.4. The van der Waals surface area contributed by atoms with E-state index in [1.54, 1.807) is 5.57 Å². The van der Waals surface area contributed by atoms with Crippen molar-refractivity contribution in [2.45, 2.75) is 120 Å². The number of fused-ring (bicyclic) bond motifs is 7. The normalized spacial score (nSPS) is 33.6. The molecule has 0 amide bonds. The molecule has 7 atom stereocenters.